The maximum Gasteiger partial charge on any atom is 0.356 e. The predicted molar refractivity (Wildman–Crippen MR) is 100.0 cm³/mol. The van der Waals surface area contributed by atoms with E-state index in [9.17, 15) is 4.79 Å². The van der Waals surface area contributed by atoms with Crippen molar-refractivity contribution in [1.29, 1.82) is 0 Å². The topological polar surface area (TPSA) is 66.2 Å². The van der Waals surface area contributed by atoms with E-state index in [1.165, 1.54) is 7.11 Å². The van der Waals surface area contributed by atoms with Crippen molar-refractivity contribution in [2.45, 2.75) is 26.8 Å². The highest BCUT2D eigenvalue weighted by Crippen LogP contribution is 2.25. The van der Waals surface area contributed by atoms with Crippen LogP contribution in [0.2, 0.25) is 5.02 Å². The summed E-state index contributed by atoms with van der Waals surface area (Å²) < 4.78 is 12.2. The second-order valence-electron chi connectivity index (χ2n) is 5.68. The Hall–Kier alpha value is -2.60. The maximum absolute atomic E-state index is 11.8. The van der Waals surface area contributed by atoms with Gasteiger partial charge in [-0.15, -0.1) is 0 Å². The average Bonchev–Trinajstić information content (AvgIpc) is 3.00. The molecule has 6 nitrogen and oxygen atoms in total. The number of aromatic nitrogens is 3. The van der Waals surface area contributed by atoms with Crippen LogP contribution in [0.15, 0.2) is 30.3 Å². The Morgan fingerprint density at radius 1 is 1.19 bits per heavy atom. The molecule has 0 aliphatic rings. The summed E-state index contributed by atoms with van der Waals surface area (Å²) in [5, 5.41) is 0.615. The molecule has 0 bridgehead atoms. The highest BCUT2D eigenvalue weighted by molar-refractivity contribution is 6.31. The number of benzene rings is 1. The van der Waals surface area contributed by atoms with Gasteiger partial charge in [0.15, 0.2) is 11.3 Å². The molecule has 136 valence electrons. The zero-order valence-corrected chi connectivity index (χ0v) is 15.7. The minimum absolute atomic E-state index is 0.251. The lowest BCUT2D eigenvalue weighted by atomic mass is 10.2. The van der Waals surface area contributed by atoms with Crippen LogP contribution in [0.1, 0.15) is 35.7 Å². The van der Waals surface area contributed by atoms with E-state index in [1.54, 1.807) is 18.2 Å². The molecule has 0 amide bonds. The molecule has 0 fully saturated rings. The van der Waals surface area contributed by atoms with Crippen molar-refractivity contribution in [3.05, 3.63) is 52.4 Å². The van der Waals surface area contributed by atoms with Crippen LogP contribution in [0.5, 0.6) is 5.75 Å². The van der Waals surface area contributed by atoms with Crippen LogP contribution in [-0.2, 0) is 17.7 Å². The highest BCUT2D eigenvalue weighted by atomic mass is 35.5. The molecule has 1 aromatic carbocycles. The first kappa shape index (κ1) is 18.2. The monoisotopic (exact) mass is 373 g/mol. The molecular weight excluding hydrogens is 354 g/mol. The Labute approximate surface area is 156 Å². The molecular formula is C19H20ClN3O3. The third-order valence-electron chi connectivity index (χ3n) is 4.05. The normalized spacial score (nSPS) is 10.9. The number of esters is 1. The number of nitrogens with zero attached hydrogens (tertiary/aromatic N) is 3. The summed E-state index contributed by atoms with van der Waals surface area (Å²) in [5.41, 5.74) is 2.54. The summed E-state index contributed by atoms with van der Waals surface area (Å²) in [6.45, 7) is 5.04. The fourth-order valence-corrected chi connectivity index (χ4v) is 3.02. The van der Waals surface area contributed by atoms with Crippen LogP contribution in [0, 0.1) is 0 Å². The van der Waals surface area contributed by atoms with Gasteiger partial charge in [-0.2, -0.15) is 0 Å². The Balaban J connectivity index is 2.04. The number of aryl methyl sites for hydroxylation is 1. The van der Waals surface area contributed by atoms with Crippen LogP contribution < -0.4 is 4.74 Å². The molecule has 0 saturated heterocycles. The summed E-state index contributed by atoms with van der Waals surface area (Å²) in [6.07, 6.45) is 0.735. The van der Waals surface area contributed by atoms with Gasteiger partial charge in [-0.1, -0.05) is 24.6 Å². The first-order valence-electron chi connectivity index (χ1n) is 8.43. The number of pyridine rings is 1. The molecule has 2 aromatic heterocycles. The Bertz CT molecular complexity index is 953. The molecule has 26 heavy (non-hydrogen) atoms. The minimum Gasteiger partial charge on any atom is -0.494 e. The lowest BCUT2D eigenvalue weighted by Gasteiger charge is -2.11. The molecule has 3 aromatic rings. The molecule has 0 radical (unpaired) electrons. The molecule has 0 saturated carbocycles. The first-order chi connectivity index (χ1) is 12.6. The van der Waals surface area contributed by atoms with Gasteiger partial charge in [-0.3, -0.25) is 0 Å². The molecule has 0 unspecified atom stereocenters. The Morgan fingerprint density at radius 2 is 2.00 bits per heavy atom. The number of halogens is 1. The largest absolute Gasteiger partial charge is 0.494 e. The second kappa shape index (κ2) is 7.74. The van der Waals surface area contributed by atoms with Crippen molar-refractivity contribution in [3.63, 3.8) is 0 Å². The molecule has 0 atom stereocenters. The Morgan fingerprint density at radius 3 is 2.65 bits per heavy atom. The lowest BCUT2D eigenvalue weighted by Crippen LogP contribution is -2.08. The van der Waals surface area contributed by atoms with Crippen LogP contribution in [0.25, 0.3) is 11.2 Å². The lowest BCUT2D eigenvalue weighted by molar-refractivity contribution is 0.0594. The first-order valence-corrected chi connectivity index (χ1v) is 8.80. The van der Waals surface area contributed by atoms with Crippen molar-refractivity contribution in [3.8, 4) is 5.75 Å². The number of ether oxygens (including phenoxy) is 2. The van der Waals surface area contributed by atoms with Crippen molar-refractivity contribution < 1.29 is 14.3 Å². The SMILES string of the molecule is CCOc1ccc(Cn2c(CC)nc3ccc(C(=O)OC)nc32)c(Cl)c1. The van der Waals surface area contributed by atoms with Crippen LogP contribution >= 0.6 is 11.6 Å². The number of imidazole rings is 1. The van der Waals surface area contributed by atoms with E-state index in [0.717, 1.165) is 29.1 Å². The second-order valence-corrected chi connectivity index (χ2v) is 6.09. The van der Waals surface area contributed by atoms with Crippen molar-refractivity contribution in [1.82, 2.24) is 14.5 Å². The van der Waals surface area contributed by atoms with Crippen LogP contribution in [-0.4, -0.2) is 34.2 Å². The number of fused-ring (bicyclic) bond motifs is 1. The number of rotatable bonds is 6. The van der Waals surface area contributed by atoms with Crippen molar-refractivity contribution in [2.24, 2.45) is 0 Å². The van der Waals surface area contributed by atoms with Gasteiger partial charge >= 0.3 is 5.97 Å². The number of carbonyl (C=O) groups is 1. The van der Waals surface area contributed by atoms with E-state index in [4.69, 9.17) is 21.1 Å². The van der Waals surface area contributed by atoms with E-state index in [1.807, 2.05) is 30.5 Å². The van der Waals surface area contributed by atoms with E-state index in [2.05, 4.69) is 9.97 Å². The summed E-state index contributed by atoms with van der Waals surface area (Å²) in [5.74, 6) is 1.13. The van der Waals surface area contributed by atoms with Gasteiger partial charge in [-0.25, -0.2) is 14.8 Å². The van der Waals surface area contributed by atoms with Gasteiger partial charge in [0, 0.05) is 11.4 Å². The molecule has 0 N–H and O–H groups in total. The Kier molecular flexibility index (Phi) is 5.42. The fourth-order valence-electron chi connectivity index (χ4n) is 2.79. The number of methoxy groups -OCH3 is 1. The number of hydrogen-bond donors (Lipinski definition) is 0. The summed E-state index contributed by atoms with van der Waals surface area (Å²) >= 11 is 6.42. The molecule has 0 spiro atoms. The minimum atomic E-state index is -0.475. The zero-order valence-electron chi connectivity index (χ0n) is 15.0. The number of hydrogen-bond acceptors (Lipinski definition) is 5. The van der Waals surface area contributed by atoms with Gasteiger partial charge in [-0.05, 0) is 36.8 Å². The predicted octanol–water partition coefficient (Wildman–Crippen LogP) is 3.88. The van der Waals surface area contributed by atoms with Gasteiger partial charge < -0.3 is 14.0 Å². The van der Waals surface area contributed by atoms with Crippen molar-refractivity contribution >= 4 is 28.7 Å². The molecule has 0 aliphatic heterocycles. The smallest absolute Gasteiger partial charge is 0.356 e. The number of carbonyl (C=O) groups excluding carboxylic acids is 1. The third kappa shape index (κ3) is 3.51. The standard InChI is InChI=1S/C19H20ClN3O3/c1-4-17-21-15-8-9-16(19(24)25-3)22-18(15)23(17)11-12-6-7-13(26-5-2)10-14(12)20/h6-10H,4-5,11H2,1-3H3. The molecule has 3 rings (SSSR count). The van der Waals surface area contributed by atoms with Gasteiger partial charge in [0.2, 0.25) is 0 Å². The molecule has 0 aliphatic carbocycles. The van der Waals surface area contributed by atoms with Crippen LogP contribution in [0.3, 0.4) is 0 Å². The summed E-state index contributed by atoms with van der Waals surface area (Å²) in [6, 6.07) is 9.03. The van der Waals surface area contributed by atoms with E-state index in [-0.39, 0.29) is 5.69 Å². The van der Waals surface area contributed by atoms with Gasteiger partial charge in [0.05, 0.1) is 20.3 Å². The summed E-state index contributed by atoms with van der Waals surface area (Å²) in [4.78, 5) is 20.9. The summed E-state index contributed by atoms with van der Waals surface area (Å²) in [7, 11) is 1.34. The van der Waals surface area contributed by atoms with Gasteiger partial charge in [0.25, 0.3) is 0 Å². The van der Waals surface area contributed by atoms with Crippen molar-refractivity contribution in [2.75, 3.05) is 13.7 Å². The van der Waals surface area contributed by atoms with E-state index >= 15 is 0 Å². The van der Waals surface area contributed by atoms with E-state index in [0.29, 0.717) is 23.8 Å². The fraction of sp³-hybridized carbons (Fsp3) is 0.316. The van der Waals surface area contributed by atoms with Crippen LogP contribution in [0.4, 0.5) is 0 Å². The van der Waals surface area contributed by atoms with E-state index < -0.39 is 5.97 Å². The molecule has 2 heterocycles. The zero-order chi connectivity index (χ0) is 18.7. The maximum atomic E-state index is 11.8. The van der Waals surface area contributed by atoms with Gasteiger partial charge in [0.1, 0.15) is 17.1 Å². The molecule has 7 heteroatoms. The quantitative estimate of drug-likeness (QED) is 0.613. The average molecular weight is 374 g/mol. The highest BCUT2D eigenvalue weighted by Gasteiger charge is 2.16. The third-order valence-corrected chi connectivity index (χ3v) is 4.40.